The van der Waals surface area contributed by atoms with Gasteiger partial charge >= 0.3 is 0 Å². The van der Waals surface area contributed by atoms with E-state index in [1.165, 1.54) is 12.1 Å². The van der Waals surface area contributed by atoms with Crippen LogP contribution in [0.4, 0.5) is 4.39 Å². The Hall–Kier alpha value is -1.46. The summed E-state index contributed by atoms with van der Waals surface area (Å²) in [6, 6.07) is 14.5. The molecule has 0 aliphatic rings. The molecular formula is C14H12FP. The molecule has 0 nitrogen and oxygen atoms in total. The van der Waals surface area contributed by atoms with Gasteiger partial charge in [0.1, 0.15) is 5.82 Å². The molecule has 0 heterocycles. The fourth-order valence-corrected chi connectivity index (χ4v) is 1.71. The Morgan fingerprint density at radius 3 is 1.75 bits per heavy atom. The molecule has 1 atom stereocenters. The van der Waals surface area contributed by atoms with E-state index in [9.17, 15) is 4.39 Å². The van der Waals surface area contributed by atoms with Crippen molar-refractivity contribution in [3.05, 3.63) is 66.5 Å². The SMILES string of the molecule is C=C(P)c1ccc(-c2ccc(F)cc2)cc1. The molecule has 0 fully saturated rings. The van der Waals surface area contributed by atoms with Crippen LogP contribution in [0.5, 0.6) is 0 Å². The second kappa shape index (κ2) is 4.59. The highest BCUT2D eigenvalue weighted by molar-refractivity contribution is 7.31. The van der Waals surface area contributed by atoms with Gasteiger partial charge in [-0.2, -0.15) is 0 Å². The fourth-order valence-electron chi connectivity index (χ4n) is 1.52. The quantitative estimate of drug-likeness (QED) is 0.673. The van der Waals surface area contributed by atoms with E-state index in [0.717, 1.165) is 22.0 Å². The highest BCUT2D eigenvalue weighted by atomic mass is 31.0. The molecule has 2 aromatic carbocycles. The predicted octanol–water partition coefficient (Wildman–Crippen LogP) is 4.34. The van der Waals surface area contributed by atoms with E-state index in [0.29, 0.717) is 0 Å². The first kappa shape index (κ1) is 11.0. The van der Waals surface area contributed by atoms with E-state index in [-0.39, 0.29) is 5.82 Å². The summed E-state index contributed by atoms with van der Waals surface area (Å²) in [5, 5.41) is 0.964. The Balaban J connectivity index is 2.34. The van der Waals surface area contributed by atoms with Gasteiger partial charge in [-0.15, -0.1) is 9.24 Å². The summed E-state index contributed by atoms with van der Waals surface area (Å²) in [6.45, 7) is 3.85. The van der Waals surface area contributed by atoms with Crippen LogP contribution in [0.25, 0.3) is 16.4 Å². The molecule has 0 bridgehead atoms. The van der Waals surface area contributed by atoms with Crippen molar-refractivity contribution in [2.75, 3.05) is 0 Å². The third-order valence-corrected chi connectivity index (χ3v) is 2.77. The van der Waals surface area contributed by atoms with Crippen molar-refractivity contribution in [3.63, 3.8) is 0 Å². The molecule has 2 aromatic rings. The lowest BCUT2D eigenvalue weighted by Gasteiger charge is -2.03. The molecule has 0 spiro atoms. The van der Waals surface area contributed by atoms with Crippen LogP contribution in [0, 0.1) is 5.82 Å². The topological polar surface area (TPSA) is 0 Å². The van der Waals surface area contributed by atoms with Gasteiger partial charge in [-0.3, -0.25) is 0 Å². The summed E-state index contributed by atoms with van der Waals surface area (Å²) in [6.07, 6.45) is 0. The zero-order valence-corrected chi connectivity index (χ0v) is 9.94. The molecular weight excluding hydrogens is 218 g/mol. The third kappa shape index (κ3) is 2.37. The number of halogens is 1. The molecule has 0 N–H and O–H groups in total. The summed E-state index contributed by atoms with van der Waals surface area (Å²) >= 11 is 0. The van der Waals surface area contributed by atoms with E-state index in [1.54, 1.807) is 12.1 Å². The van der Waals surface area contributed by atoms with Crippen molar-refractivity contribution < 1.29 is 4.39 Å². The van der Waals surface area contributed by atoms with Gasteiger partial charge in [-0.05, 0) is 34.1 Å². The van der Waals surface area contributed by atoms with Crippen LogP contribution < -0.4 is 0 Å². The first-order valence-electron chi connectivity index (χ1n) is 4.97. The maximum Gasteiger partial charge on any atom is 0.123 e. The Morgan fingerprint density at radius 1 is 0.875 bits per heavy atom. The predicted molar refractivity (Wildman–Crippen MR) is 70.6 cm³/mol. The molecule has 2 rings (SSSR count). The third-order valence-electron chi connectivity index (χ3n) is 2.43. The molecule has 0 saturated carbocycles. The van der Waals surface area contributed by atoms with Crippen LogP contribution in [0.3, 0.4) is 0 Å². The van der Waals surface area contributed by atoms with Crippen LogP contribution in [-0.2, 0) is 0 Å². The van der Waals surface area contributed by atoms with E-state index in [4.69, 9.17) is 0 Å². The minimum Gasteiger partial charge on any atom is -0.207 e. The first-order valence-corrected chi connectivity index (χ1v) is 5.55. The molecule has 0 radical (unpaired) electrons. The van der Waals surface area contributed by atoms with Gasteiger partial charge in [0, 0.05) is 0 Å². The average molecular weight is 230 g/mol. The summed E-state index contributed by atoms with van der Waals surface area (Å²) in [5.41, 5.74) is 3.19. The number of benzene rings is 2. The Morgan fingerprint density at radius 2 is 1.31 bits per heavy atom. The number of hydrogen-bond donors (Lipinski definition) is 0. The molecule has 0 aromatic heterocycles. The van der Waals surface area contributed by atoms with Crippen LogP contribution in [0.2, 0.25) is 0 Å². The standard InChI is InChI=1S/C14H12FP/c1-10(16)11-2-4-12(5-3-11)13-6-8-14(15)9-7-13/h2-9H,1,16H2. The lowest BCUT2D eigenvalue weighted by atomic mass is 10.0. The van der Waals surface area contributed by atoms with Gasteiger partial charge in [-0.1, -0.05) is 43.0 Å². The van der Waals surface area contributed by atoms with Crippen molar-refractivity contribution in [1.29, 1.82) is 0 Å². The first-order chi connectivity index (χ1) is 7.66. The second-order valence-electron chi connectivity index (χ2n) is 3.61. The molecule has 0 aliphatic heterocycles. The van der Waals surface area contributed by atoms with Gasteiger partial charge in [0.05, 0.1) is 0 Å². The molecule has 2 heteroatoms. The largest absolute Gasteiger partial charge is 0.207 e. The molecule has 0 amide bonds. The van der Waals surface area contributed by atoms with E-state index >= 15 is 0 Å². The average Bonchev–Trinajstić information content (AvgIpc) is 2.30. The van der Waals surface area contributed by atoms with E-state index in [2.05, 4.69) is 15.8 Å². The Bertz CT molecular complexity index is 497. The van der Waals surface area contributed by atoms with Crippen molar-refractivity contribution in [2.45, 2.75) is 0 Å². The maximum atomic E-state index is 12.8. The molecule has 0 aliphatic carbocycles. The Labute approximate surface area is 97.0 Å². The summed E-state index contributed by atoms with van der Waals surface area (Å²) in [7, 11) is 2.58. The molecule has 0 saturated heterocycles. The van der Waals surface area contributed by atoms with E-state index in [1.807, 2.05) is 24.3 Å². The van der Waals surface area contributed by atoms with Gasteiger partial charge < -0.3 is 0 Å². The van der Waals surface area contributed by atoms with Gasteiger partial charge in [-0.25, -0.2) is 4.39 Å². The highest BCUT2D eigenvalue weighted by Crippen LogP contribution is 2.24. The number of hydrogen-bond acceptors (Lipinski definition) is 0. The minimum absolute atomic E-state index is 0.210. The maximum absolute atomic E-state index is 12.8. The summed E-state index contributed by atoms with van der Waals surface area (Å²) in [5.74, 6) is -0.210. The summed E-state index contributed by atoms with van der Waals surface area (Å²) in [4.78, 5) is 0. The lowest BCUT2D eigenvalue weighted by molar-refractivity contribution is 0.628. The molecule has 80 valence electrons. The van der Waals surface area contributed by atoms with Crippen LogP contribution in [-0.4, -0.2) is 0 Å². The van der Waals surface area contributed by atoms with Crippen LogP contribution in [0.15, 0.2) is 55.1 Å². The van der Waals surface area contributed by atoms with Gasteiger partial charge in [0.25, 0.3) is 0 Å². The molecule has 16 heavy (non-hydrogen) atoms. The Kier molecular flexibility index (Phi) is 3.17. The fraction of sp³-hybridized carbons (Fsp3) is 0. The smallest absolute Gasteiger partial charge is 0.123 e. The van der Waals surface area contributed by atoms with Crippen molar-refractivity contribution in [1.82, 2.24) is 0 Å². The lowest BCUT2D eigenvalue weighted by Crippen LogP contribution is -1.80. The van der Waals surface area contributed by atoms with Crippen molar-refractivity contribution in [3.8, 4) is 11.1 Å². The normalized spacial score (nSPS) is 10.1. The zero-order chi connectivity index (χ0) is 11.5. The van der Waals surface area contributed by atoms with Crippen molar-refractivity contribution >= 4 is 14.6 Å². The van der Waals surface area contributed by atoms with Crippen LogP contribution >= 0.6 is 9.24 Å². The highest BCUT2D eigenvalue weighted by Gasteiger charge is 1.98. The number of rotatable bonds is 2. The molecule has 1 unspecified atom stereocenters. The van der Waals surface area contributed by atoms with Gasteiger partial charge in [0.15, 0.2) is 0 Å². The minimum atomic E-state index is -0.210. The van der Waals surface area contributed by atoms with Gasteiger partial charge in [0.2, 0.25) is 0 Å². The zero-order valence-electron chi connectivity index (χ0n) is 8.78. The monoisotopic (exact) mass is 230 g/mol. The summed E-state index contributed by atoms with van der Waals surface area (Å²) < 4.78 is 12.8. The van der Waals surface area contributed by atoms with E-state index < -0.39 is 0 Å². The second-order valence-corrected chi connectivity index (χ2v) is 4.31. The van der Waals surface area contributed by atoms with Crippen molar-refractivity contribution in [2.24, 2.45) is 0 Å². The van der Waals surface area contributed by atoms with Crippen LogP contribution in [0.1, 0.15) is 5.56 Å².